The molecule has 0 unspecified atom stereocenters. The average molecular weight is 370 g/mol. The molecular weight excluding hydrogens is 351 g/mol. The summed E-state index contributed by atoms with van der Waals surface area (Å²) in [5.74, 6) is -0.425. The van der Waals surface area contributed by atoms with Gasteiger partial charge in [0, 0.05) is 25.8 Å². The Kier molecular flexibility index (Phi) is 4.68. The molecule has 1 aromatic carbocycles. The molecule has 8 nitrogen and oxygen atoms in total. The van der Waals surface area contributed by atoms with Gasteiger partial charge in [-0.2, -0.15) is 5.10 Å². The first kappa shape index (κ1) is 17.3. The smallest absolute Gasteiger partial charge is 0.271 e. The zero-order chi connectivity index (χ0) is 18.8. The first-order valence-electron chi connectivity index (χ1n) is 8.64. The molecule has 1 aliphatic heterocycles. The van der Waals surface area contributed by atoms with Crippen LogP contribution >= 0.6 is 0 Å². The van der Waals surface area contributed by atoms with E-state index in [1.807, 2.05) is 6.20 Å². The van der Waals surface area contributed by atoms with Gasteiger partial charge in [0.15, 0.2) is 0 Å². The number of benzene rings is 1. The highest BCUT2D eigenvalue weighted by Gasteiger charge is 2.29. The standard InChI is InChI=1S/C18H19FN6O2/c1-27-11-14-9-25(23-20-14)15-6-7-24(10-15)18(26)17-8-16(21-22-17)12-2-4-13(19)5-3-12/h2-5,8-9,15H,6-7,10-11H2,1H3,(H,21,22)/t15-/m1/s1. The van der Waals surface area contributed by atoms with E-state index in [0.717, 1.165) is 17.7 Å². The van der Waals surface area contributed by atoms with Crippen LogP contribution in [0.15, 0.2) is 36.5 Å². The molecule has 0 saturated carbocycles. The molecule has 1 aliphatic rings. The maximum atomic E-state index is 13.1. The van der Waals surface area contributed by atoms with E-state index in [0.29, 0.717) is 31.1 Å². The molecule has 2 aromatic heterocycles. The molecule has 3 heterocycles. The van der Waals surface area contributed by atoms with Crippen LogP contribution in [0.3, 0.4) is 0 Å². The number of likely N-dealkylation sites (tertiary alicyclic amines) is 1. The molecule has 1 fully saturated rings. The van der Waals surface area contributed by atoms with Gasteiger partial charge < -0.3 is 9.64 Å². The molecule has 0 radical (unpaired) electrons. The van der Waals surface area contributed by atoms with Crippen molar-refractivity contribution in [1.29, 1.82) is 0 Å². The van der Waals surface area contributed by atoms with E-state index in [9.17, 15) is 9.18 Å². The van der Waals surface area contributed by atoms with Crippen LogP contribution in [0, 0.1) is 5.82 Å². The Hall–Kier alpha value is -3.07. The predicted octanol–water partition coefficient (Wildman–Crippen LogP) is 2.04. The van der Waals surface area contributed by atoms with Crippen molar-refractivity contribution in [3.8, 4) is 11.3 Å². The number of ether oxygens (including phenoxy) is 1. The number of nitrogens with one attached hydrogen (secondary N) is 1. The number of aromatic nitrogens is 5. The van der Waals surface area contributed by atoms with Gasteiger partial charge in [-0.05, 0) is 36.8 Å². The second-order valence-electron chi connectivity index (χ2n) is 6.49. The quantitative estimate of drug-likeness (QED) is 0.742. The van der Waals surface area contributed by atoms with Crippen molar-refractivity contribution in [3.05, 3.63) is 53.7 Å². The molecular formula is C18H19FN6O2. The molecule has 1 atom stereocenters. The van der Waals surface area contributed by atoms with Crippen LogP contribution < -0.4 is 0 Å². The van der Waals surface area contributed by atoms with E-state index in [1.165, 1.54) is 12.1 Å². The zero-order valence-electron chi connectivity index (χ0n) is 14.8. The lowest BCUT2D eigenvalue weighted by molar-refractivity contribution is 0.0781. The Labute approximate surface area is 154 Å². The highest BCUT2D eigenvalue weighted by molar-refractivity contribution is 5.93. The van der Waals surface area contributed by atoms with E-state index in [1.54, 1.807) is 34.9 Å². The Morgan fingerprint density at radius 2 is 2.19 bits per heavy atom. The van der Waals surface area contributed by atoms with Gasteiger partial charge in [-0.3, -0.25) is 9.89 Å². The van der Waals surface area contributed by atoms with Crippen molar-refractivity contribution in [1.82, 2.24) is 30.1 Å². The Bertz CT molecular complexity index is 935. The van der Waals surface area contributed by atoms with E-state index < -0.39 is 0 Å². The number of halogens is 1. The summed E-state index contributed by atoms with van der Waals surface area (Å²) in [6.07, 6.45) is 2.66. The zero-order valence-corrected chi connectivity index (χ0v) is 14.8. The van der Waals surface area contributed by atoms with Crippen LogP contribution in [0.1, 0.15) is 28.6 Å². The fourth-order valence-electron chi connectivity index (χ4n) is 3.22. The maximum absolute atomic E-state index is 13.1. The van der Waals surface area contributed by atoms with Crippen LogP contribution in [0.2, 0.25) is 0 Å². The molecule has 27 heavy (non-hydrogen) atoms. The van der Waals surface area contributed by atoms with Gasteiger partial charge in [-0.25, -0.2) is 9.07 Å². The molecule has 1 saturated heterocycles. The molecule has 0 aliphatic carbocycles. The minimum absolute atomic E-state index is 0.0894. The van der Waals surface area contributed by atoms with Crippen molar-refractivity contribution in [2.45, 2.75) is 19.1 Å². The number of methoxy groups -OCH3 is 1. The summed E-state index contributed by atoms with van der Waals surface area (Å²) in [6.45, 7) is 1.60. The number of hydrogen-bond donors (Lipinski definition) is 1. The van der Waals surface area contributed by atoms with E-state index in [2.05, 4.69) is 20.5 Å². The maximum Gasteiger partial charge on any atom is 0.271 e. The van der Waals surface area contributed by atoms with Gasteiger partial charge in [0.05, 0.1) is 24.5 Å². The molecule has 3 aromatic rings. The molecule has 1 amide bonds. The van der Waals surface area contributed by atoms with Gasteiger partial charge in [0.1, 0.15) is 17.2 Å². The lowest BCUT2D eigenvalue weighted by Crippen LogP contribution is -2.29. The summed E-state index contributed by atoms with van der Waals surface area (Å²) in [5, 5.41) is 15.2. The number of hydrogen-bond acceptors (Lipinski definition) is 5. The summed E-state index contributed by atoms with van der Waals surface area (Å²) in [4.78, 5) is 14.5. The third-order valence-electron chi connectivity index (χ3n) is 4.62. The minimum atomic E-state index is -0.310. The van der Waals surface area contributed by atoms with Crippen LogP contribution in [0.25, 0.3) is 11.3 Å². The third kappa shape index (κ3) is 3.59. The number of aromatic amines is 1. The predicted molar refractivity (Wildman–Crippen MR) is 94.3 cm³/mol. The molecule has 9 heteroatoms. The van der Waals surface area contributed by atoms with E-state index in [4.69, 9.17) is 4.74 Å². The second kappa shape index (κ2) is 7.28. The number of rotatable bonds is 5. The van der Waals surface area contributed by atoms with Crippen LogP contribution in [-0.4, -0.2) is 56.2 Å². The number of carbonyl (C=O) groups excluding carboxylic acids is 1. The van der Waals surface area contributed by atoms with E-state index in [-0.39, 0.29) is 17.8 Å². The average Bonchev–Trinajstić information content (AvgIpc) is 3.42. The summed E-state index contributed by atoms with van der Waals surface area (Å²) in [6, 6.07) is 7.78. The second-order valence-corrected chi connectivity index (χ2v) is 6.49. The Balaban J connectivity index is 1.43. The van der Waals surface area contributed by atoms with Gasteiger partial charge in [0.2, 0.25) is 0 Å². The van der Waals surface area contributed by atoms with Crippen molar-refractivity contribution in [3.63, 3.8) is 0 Å². The van der Waals surface area contributed by atoms with Crippen LogP contribution in [0.4, 0.5) is 4.39 Å². The topological polar surface area (TPSA) is 88.9 Å². The Morgan fingerprint density at radius 1 is 1.37 bits per heavy atom. The van der Waals surface area contributed by atoms with Crippen LogP contribution in [0.5, 0.6) is 0 Å². The summed E-state index contributed by atoms with van der Waals surface area (Å²) in [7, 11) is 1.61. The Morgan fingerprint density at radius 3 is 2.96 bits per heavy atom. The molecule has 1 N–H and O–H groups in total. The normalized spacial score (nSPS) is 16.8. The largest absolute Gasteiger partial charge is 0.378 e. The van der Waals surface area contributed by atoms with Gasteiger partial charge in [-0.15, -0.1) is 5.10 Å². The molecule has 0 bridgehead atoms. The summed E-state index contributed by atoms with van der Waals surface area (Å²) < 4.78 is 19.9. The fraction of sp³-hybridized carbons (Fsp3) is 0.333. The summed E-state index contributed by atoms with van der Waals surface area (Å²) in [5.41, 5.74) is 2.53. The number of amides is 1. The van der Waals surface area contributed by atoms with Crippen molar-refractivity contribution in [2.75, 3.05) is 20.2 Å². The van der Waals surface area contributed by atoms with Gasteiger partial charge >= 0.3 is 0 Å². The SMILES string of the molecule is COCc1cn([C@@H]2CCN(C(=O)c3cc(-c4ccc(F)cc4)n[nH]3)C2)nn1. The van der Waals surface area contributed by atoms with Gasteiger partial charge in [-0.1, -0.05) is 5.21 Å². The van der Waals surface area contributed by atoms with Gasteiger partial charge in [0.25, 0.3) is 5.91 Å². The van der Waals surface area contributed by atoms with Crippen LogP contribution in [-0.2, 0) is 11.3 Å². The first-order valence-corrected chi connectivity index (χ1v) is 8.64. The van der Waals surface area contributed by atoms with E-state index >= 15 is 0 Å². The lowest BCUT2D eigenvalue weighted by Gasteiger charge is -2.15. The fourth-order valence-corrected chi connectivity index (χ4v) is 3.22. The highest BCUT2D eigenvalue weighted by atomic mass is 19.1. The summed E-state index contributed by atoms with van der Waals surface area (Å²) >= 11 is 0. The monoisotopic (exact) mass is 370 g/mol. The number of carbonyl (C=O) groups is 1. The highest BCUT2D eigenvalue weighted by Crippen LogP contribution is 2.24. The van der Waals surface area contributed by atoms with Crippen molar-refractivity contribution < 1.29 is 13.9 Å². The third-order valence-corrected chi connectivity index (χ3v) is 4.62. The first-order chi connectivity index (χ1) is 13.1. The number of H-pyrrole nitrogens is 1. The minimum Gasteiger partial charge on any atom is -0.378 e. The number of nitrogens with zero attached hydrogens (tertiary/aromatic N) is 5. The lowest BCUT2D eigenvalue weighted by atomic mass is 10.1. The molecule has 4 rings (SSSR count). The molecule has 0 spiro atoms. The van der Waals surface area contributed by atoms with Crippen molar-refractivity contribution in [2.24, 2.45) is 0 Å². The van der Waals surface area contributed by atoms with Crippen molar-refractivity contribution >= 4 is 5.91 Å². The molecule has 140 valence electrons.